The van der Waals surface area contributed by atoms with Crippen molar-refractivity contribution in [3.05, 3.63) is 35.0 Å². The first-order valence-electron chi connectivity index (χ1n) is 7.37. The van der Waals surface area contributed by atoms with E-state index in [0.29, 0.717) is 24.3 Å². The fraction of sp³-hybridized carbons (Fsp3) is 0.375. The number of hydrogen-bond acceptors (Lipinski definition) is 6. The molecule has 1 aromatic carbocycles. The number of amides is 1. The summed E-state index contributed by atoms with van der Waals surface area (Å²) in [5.74, 6) is 1.62. The molecule has 2 rings (SSSR count). The van der Waals surface area contributed by atoms with Crippen LogP contribution in [0.5, 0.6) is 5.75 Å². The topological polar surface area (TPSA) is 88.2 Å². The van der Waals surface area contributed by atoms with E-state index in [4.69, 9.17) is 5.73 Å². The Bertz CT molecular complexity index is 707. The number of carbonyl (C=O) groups excluding carboxylic acids is 1. The maximum Gasteiger partial charge on any atom is 0.269 e. The minimum Gasteiger partial charge on any atom is -0.505 e. The van der Waals surface area contributed by atoms with E-state index in [1.807, 2.05) is 26.0 Å². The number of phenolic OH excluding ortho intramolecular Hbond substituents is 1. The van der Waals surface area contributed by atoms with Gasteiger partial charge in [0.05, 0.1) is 0 Å². The van der Waals surface area contributed by atoms with E-state index >= 15 is 0 Å². The lowest BCUT2D eigenvalue weighted by Gasteiger charge is -2.09. The Balaban J connectivity index is 2.05. The number of nitrogens with two attached hydrogens (primary N) is 1. The van der Waals surface area contributed by atoms with E-state index in [0.717, 1.165) is 28.0 Å². The van der Waals surface area contributed by atoms with Gasteiger partial charge in [-0.15, -0.1) is 0 Å². The van der Waals surface area contributed by atoms with Gasteiger partial charge in [0.2, 0.25) is 0 Å². The number of nitrogens with zero attached hydrogens (tertiary/aromatic N) is 1. The number of carbonyl (C=O) groups is 1. The van der Waals surface area contributed by atoms with Crippen molar-refractivity contribution in [3.8, 4) is 5.75 Å². The monoisotopic (exact) mass is 351 g/mol. The van der Waals surface area contributed by atoms with Crippen LogP contribution >= 0.6 is 21.6 Å². The van der Waals surface area contributed by atoms with Crippen LogP contribution in [0.2, 0.25) is 0 Å². The highest BCUT2D eigenvalue weighted by Crippen LogP contribution is 2.29. The Kier molecular flexibility index (Phi) is 6.56. The Morgan fingerprint density at radius 1 is 1.26 bits per heavy atom. The molecule has 7 heteroatoms. The highest BCUT2D eigenvalue weighted by molar-refractivity contribution is 8.76. The van der Waals surface area contributed by atoms with E-state index in [1.54, 1.807) is 27.7 Å². The van der Waals surface area contributed by atoms with Gasteiger partial charge >= 0.3 is 0 Å². The predicted octanol–water partition coefficient (Wildman–Crippen LogP) is 2.63. The molecule has 0 aliphatic carbocycles. The van der Waals surface area contributed by atoms with Gasteiger partial charge < -0.3 is 16.2 Å². The third-order valence-corrected chi connectivity index (χ3v) is 5.78. The molecule has 2 aromatic rings. The van der Waals surface area contributed by atoms with E-state index in [-0.39, 0.29) is 11.7 Å². The lowest BCUT2D eigenvalue weighted by molar-refractivity contribution is 0.0951. The van der Waals surface area contributed by atoms with Gasteiger partial charge in [0, 0.05) is 30.0 Å². The second-order valence-electron chi connectivity index (χ2n) is 5.14. The predicted molar refractivity (Wildman–Crippen MR) is 99.2 cm³/mol. The van der Waals surface area contributed by atoms with Crippen LogP contribution in [0.1, 0.15) is 21.6 Å². The van der Waals surface area contributed by atoms with Crippen molar-refractivity contribution in [2.75, 3.05) is 24.6 Å². The molecule has 0 aliphatic rings. The highest BCUT2D eigenvalue weighted by atomic mass is 33.1. The van der Waals surface area contributed by atoms with Crippen molar-refractivity contribution >= 4 is 38.4 Å². The van der Waals surface area contributed by atoms with Crippen LogP contribution in [0.25, 0.3) is 10.9 Å². The van der Waals surface area contributed by atoms with Gasteiger partial charge in [-0.3, -0.25) is 4.79 Å². The molecule has 0 bridgehead atoms. The molecular weight excluding hydrogens is 330 g/mol. The quantitative estimate of drug-likeness (QED) is 0.525. The smallest absolute Gasteiger partial charge is 0.269 e. The fourth-order valence-electron chi connectivity index (χ4n) is 2.20. The third-order valence-electron chi connectivity index (χ3n) is 3.34. The van der Waals surface area contributed by atoms with Crippen LogP contribution in [-0.4, -0.2) is 40.6 Å². The average Bonchev–Trinajstić information content (AvgIpc) is 2.55. The van der Waals surface area contributed by atoms with Gasteiger partial charge in [0.1, 0.15) is 17.0 Å². The summed E-state index contributed by atoms with van der Waals surface area (Å²) in [4.78, 5) is 16.5. The maximum atomic E-state index is 12.2. The summed E-state index contributed by atoms with van der Waals surface area (Å²) in [6, 6.07) is 5.43. The molecule has 0 saturated heterocycles. The molecule has 4 N–H and O–H groups in total. The lowest BCUT2D eigenvalue weighted by Crippen LogP contribution is -2.26. The van der Waals surface area contributed by atoms with Gasteiger partial charge in [-0.25, -0.2) is 4.98 Å². The Hall–Kier alpha value is -1.44. The summed E-state index contributed by atoms with van der Waals surface area (Å²) < 4.78 is 0. The number of pyridine rings is 1. The summed E-state index contributed by atoms with van der Waals surface area (Å²) >= 11 is 0. The number of nitrogens with one attached hydrogen (secondary N) is 1. The first-order valence-corrected chi connectivity index (χ1v) is 9.86. The van der Waals surface area contributed by atoms with E-state index < -0.39 is 0 Å². The van der Waals surface area contributed by atoms with Gasteiger partial charge in [-0.2, -0.15) is 0 Å². The van der Waals surface area contributed by atoms with E-state index in [9.17, 15) is 9.90 Å². The molecule has 1 heterocycles. The SMILES string of the molecule is Cc1cc(C)c2ccc(C(=O)NCCSSCCN)nc2c1O. The third kappa shape index (κ3) is 4.53. The van der Waals surface area contributed by atoms with Crippen molar-refractivity contribution in [2.45, 2.75) is 13.8 Å². The number of benzene rings is 1. The summed E-state index contributed by atoms with van der Waals surface area (Å²) in [6.07, 6.45) is 0. The van der Waals surface area contributed by atoms with Crippen LogP contribution in [0.3, 0.4) is 0 Å². The fourth-order valence-corrected chi connectivity index (χ4v) is 3.97. The average molecular weight is 351 g/mol. The van der Waals surface area contributed by atoms with Crippen LogP contribution in [-0.2, 0) is 0 Å². The standard InChI is InChI=1S/C16H21N3O2S2/c1-10-9-11(2)15(20)14-12(10)3-4-13(19-14)16(21)18-6-8-23-22-7-5-17/h3-4,9,20H,5-8,17H2,1-2H3,(H,18,21). The molecule has 0 fully saturated rings. The molecule has 0 saturated carbocycles. The zero-order valence-corrected chi connectivity index (χ0v) is 14.9. The molecule has 0 atom stereocenters. The van der Waals surface area contributed by atoms with E-state index in [1.165, 1.54) is 0 Å². The number of phenols is 1. The second-order valence-corrected chi connectivity index (χ2v) is 7.84. The van der Waals surface area contributed by atoms with Crippen LogP contribution in [0, 0.1) is 13.8 Å². The van der Waals surface area contributed by atoms with Crippen molar-refractivity contribution in [3.63, 3.8) is 0 Å². The molecule has 5 nitrogen and oxygen atoms in total. The van der Waals surface area contributed by atoms with Gasteiger partial charge in [0.25, 0.3) is 5.91 Å². The molecule has 124 valence electrons. The summed E-state index contributed by atoms with van der Waals surface area (Å²) in [5.41, 5.74) is 7.99. The van der Waals surface area contributed by atoms with Crippen molar-refractivity contribution in [1.29, 1.82) is 0 Å². The molecular formula is C16H21N3O2S2. The van der Waals surface area contributed by atoms with Crippen molar-refractivity contribution in [2.24, 2.45) is 5.73 Å². The van der Waals surface area contributed by atoms with Crippen LogP contribution < -0.4 is 11.1 Å². The summed E-state index contributed by atoms with van der Waals surface area (Å²) in [7, 11) is 3.38. The minimum atomic E-state index is -0.227. The summed E-state index contributed by atoms with van der Waals surface area (Å²) in [6.45, 7) is 5.02. The van der Waals surface area contributed by atoms with Crippen molar-refractivity contribution in [1.82, 2.24) is 10.3 Å². The molecule has 0 radical (unpaired) electrons. The molecule has 0 spiro atoms. The lowest BCUT2D eigenvalue weighted by atomic mass is 10.0. The first-order chi connectivity index (χ1) is 11.0. The molecule has 0 aliphatic heterocycles. The Labute approximate surface area is 143 Å². The number of aromatic hydroxyl groups is 1. The maximum absolute atomic E-state index is 12.2. The Morgan fingerprint density at radius 2 is 2.00 bits per heavy atom. The first kappa shape index (κ1) is 17.9. The zero-order valence-electron chi connectivity index (χ0n) is 13.3. The summed E-state index contributed by atoms with van der Waals surface area (Å²) in [5, 5.41) is 13.9. The van der Waals surface area contributed by atoms with Crippen molar-refractivity contribution < 1.29 is 9.90 Å². The van der Waals surface area contributed by atoms with Gasteiger partial charge in [-0.1, -0.05) is 33.7 Å². The van der Waals surface area contributed by atoms with Crippen LogP contribution in [0.15, 0.2) is 18.2 Å². The number of aryl methyl sites for hydroxylation is 2. The van der Waals surface area contributed by atoms with Gasteiger partial charge in [-0.05, 0) is 31.0 Å². The number of rotatable bonds is 7. The zero-order chi connectivity index (χ0) is 16.8. The molecule has 1 aromatic heterocycles. The Morgan fingerprint density at radius 3 is 2.74 bits per heavy atom. The number of fused-ring (bicyclic) bond motifs is 1. The van der Waals surface area contributed by atoms with Crippen LogP contribution in [0.4, 0.5) is 0 Å². The molecule has 1 amide bonds. The van der Waals surface area contributed by atoms with Gasteiger partial charge in [0.15, 0.2) is 0 Å². The molecule has 0 unspecified atom stereocenters. The second kappa shape index (κ2) is 8.42. The normalized spacial score (nSPS) is 10.9. The largest absolute Gasteiger partial charge is 0.505 e. The number of hydrogen-bond donors (Lipinski definition) is 3. The van der Waals surface area contributed by atoms with E-state index in [2.05, 4.69) is 10.3 Å². The highest BCUT2D eigenvalue weighted by Gasteiger charge is 2.12. The molecule has 23 heavy (non-hydrogen) atoms. The minimum absolute atomic E-state index is 0.133. The number of aromatic nitrogens is 1.